The van der Waals surface area contributed by atoms with Gasteiger partial charge in [0.2, 0.25) is 0 Å². The molecule has 3 rings (SSSR count). The summed E-state index contributed by atoms with van der Waals surface area (Å²) in [4.78, 5) is 1.64. The summed E-state index contributed by atoms with van der Waals surface area (Å²) >= 11 is 0. The highest BCUT2D eigenvalue weighted by molar-refractivity contribution is 5.60. The molecule has 5 heteroatoms. The topological polar surface area (TPSA) is 29.3 Å². The highest BCUT2D eigenvalue weighted by Gasteiger charge is 2.24. The van der Waals surface area contributed by atoms with Crippen LogP contribution in [0.4, 0.5) is 24.5 Å². The molecule has 0 aromatic heterocycles. The Kier molecular flexibility index (Phi) is 2.62. The molecular weight excluding hydrogens is 253 g/mol. The Morgan fingerprint density at radius 3 is 2.42 bits per heavy atom. The van der Waals surface area contributed by atoms with Crippen molar-refractivity contribution in [3.63, 3.8) is 0 Å². The molecule has 0 unspecified atom stereocenters. The van der Waals surface area contributed by atoms with Crippen LogP contribution >= 0.6 is 0 Å². The lowest BCUT2D eigenvalue weighted by Crippen LogP contribution is -2.16. The molecule has 1 heterocycles. The van der Waals surface area contributed by atoms with E-state index in [1.807, 2.05) is 12.1 Å². The highest BCUT2D eigenvalue weighted by Crippen LogP contribution is 2.33. The maximum atomic E-state index is 13.7. The van der Waals surface area contributed by atoms with Gasteiger partial charge in [0, 0.05) is 30.9 Å². The summed E-state index contributed by atoms with van der Waals surface area (Å²) in [5.41, 5.74) is 8.41. The van der Waals surface area contributed by atoms with Gasteiger partial charge in [-0.2, -0.15) is 0 Å². The molecule has 0 amide bonds. The maximum absolute atomic E-state index is 13.7. The third-order valence-electron chi connectivity index (χ3n) is 3.35. The van der Waals surface area contributed by atoms with Crippen LogP contribution in [0.25, 0.3) is 0 Å². The minimum absolute atomic E-state index is 0.0505. The number of rotatable bonds is 1. The molecule has 0 fully saturated rings. The van der Waals surface area contributed by atoms with Crippen LogP contribution in [-0.2, 0) is 13.1 Å². The van der Waals surface area contributed by atoms with Crippen molar-refractivity contribution >= 4 is 11.4 Å². The van der Waals surface area contributed by atoms with Crippen LogP contribution in [0, 0.1) is 17.5 Å². The quantitative estimate of drug-likeness (QED) is 0.633. The largest absolute Gasteiger partial charge is 0.398 e. The van der Waals surface area contributed by atoms with E-state index in [4.69, 9.17) is 5.73 Å². The molecule has 1 aliphatic rings. The van der Waals surface area contributed by atoms with E-state index in [0.717, 1.165) is 17.2 Å². The molecule has 0 spiro atoms. The number of hydrogen-bond donors (Lipinski definition) is 1. The van der Waals surface area contributed by atoms with Gasteiger partial charge in [-0.05, 0) is 17.2 Å². The number of hydrogen-bond acceptors (Lipinski definition) is 2. The van der Waals surface area contributed by atoms with Gasteiger partial charge in [-0.25, -0.2) is 13.2 Å². The molecule has 2 aromatic rings. The molecule has 0 atom stereocenters. The molecule has 0 saturated heterocycles. The van der Waals surface area contributed by atoms with E-state index in [9.17, 15) is 13.2 Å². The molecule has 19 heavy (non-hydrogen) atoms. The van der Waals surface area contributed by atoms with Crippen molar-refractivity contribution in [2.75, 3.05) is 10.6 Å². The number of nitrogens with two attached hydrogens (primary N) is 1. The summed E-state index contributed by atoms with van der Waals surface area (Å²) in [6.45, 7) is 0.826. The molecular formula is C14H11F3N2. The standard InChI is InChI=1S/C14H11F3N2/c15-10-4-12(17)14(5-11(10)16)19-6-8-2-1-3-13(18)9(8)7-19/h1-5H,6-7,18H2. The van der Waals surface area contributed by atoms with Crippen LogP contribution in [0.2, 0.25) is 0 Å². The molecule has 98 valence electrons. The first kappa shape index (κ1) is 11.9. The zero-order valence-electron chi connectivity index (χ0n) is 9.96. The summed E-state index contributed by atoms with van der Waals surface area (Å²) in [5, 5.41) is 0. The number of benzene rings is 2. The average Bonchev–Trinajstić information content (AvgIpc) is 2.79. The van der Waals surface area contributed by atoms with Gasteiger partial charge >= 0.3 is 0 Å². The fourth-order valence-electron chi connectivity index (χ4n) is 2.37. The van der Waals surface area contributed by atoms with Gasteiger partial charge in [-0.3, -0.25) is 0 Å². The third-order valence-corrected chi connectivity index (χ3v) is 3.35. The first-order chi connectivity index (χ1) is 9.06. The van der Waals surface area contributed by atoms with Crippen molar-refractivity contribution in [2.45, 2.75) is 13.1 Å². The number of halogens is 3. The van der Waals surface area contributed by atoms with Crippen LogP contribution in [0.5, 0.6) is 0 Å². The zero-order valence-corrected chi connectivity index (χ0v) is 9.96. The van der Waals surface area contributed by atoms with E-state index < -0.39 is 17.5 Å². The third kappa shape index (κ3) is 1.91. The minimum Gasteiger partial charge on any atom is -0.398 e. The van der Waals surface area contributed by atoms with Crippen molar-refractivity contribution in [2.24, 2.45) is 0 Å². The summed E-state index contributed by atoms with van der Waals surface area (Å²) in [7, 11) is 0. The Morgan fingerprint density at radius 2 is 1.68 bits per heavy atom. The summed E-state index contributed by atoms with van der Waals surface area (Å²) < 4.78 is 39.9. The van der Waals surface area contributed by atoms with Crippen LogP contribution in [-0.4, -0.2) is 0 Å². The second-order valence-corrected chi connectivity index (χ2v) is 4.56. The van der Waals surface area contributed by atoms with E-state index in [1.165, 1.54) is 0 Å². The average molecular weight is 264 g/mol. The number of anilines is 2. The Balaban J connectivity index is 1.99. The number of nitrogens with zero attached hydrogens (tertiary/aromatic N) is 1. The lowest BCUT2D eigenvalue weighted by atomic mass is 10.1. The fourth-order valence-corrected chi connectivity index (χ4v) is 2.37. The summed E-state index contributed by atoms with van der Waals surface area (Å²) in [6, 6.07) is 6.93. The minimum atomic E-state index is -1.18. The number of nitrogen functional groups attached to an aromatic ring is 1. The van der Waals surface area contributed by atoms with Gasteiger partial charge in [0.15, 0.2) is 11.6 Å². The second-order valence-electron chi connectivity index (χ2n) is 4.56. The number of fused-ring (bicyclic) bond motifs is 1. The van der Waals surface area contributed by atoms with Crippen molar-refractivity contribution in [1.29, 1.82) is 0 Å². The van der Waals surface area contributed by atoms with Crippen molar-refractivity contribution in [1.82, 2.24) is 0 Å². The van der Waals surface area contributed by atoms with Crippen LogP contribution in [0.3, 0.4) is 0 Å². The lowest BCUT2D eigenvalue weighted by molar-refractivity contribution is 0.494. The van der Waals surface area contributed by atoms with Gasteiger partial charge in [0.1, 0.15) is 5.82 Å². The molecule has 2 nitrogen and oxygen atoms in total. The van der Waals surface area contributed by atoms with Crippen LogP contribution in [0.15, 0.2) is 30.3 Å². The van der Waals surface area contributed by atoms with E-state index in [2.05, 4.69) is 0 Å². The van der Waals surface area contributed by atoms with Crippen molar-refractivity contribution < 1.29 is 13.2 Å². The first-order valence-corrected chi connectivity index (χ1v) is 5.82. The van der Waals surface area contributed by atoms with Crippen molar-refractivity contribution in [3.05, 3.63) is 58.9 Å². The first-order valence-electron chi connectivity index (χ1n) is 5.82. The van der Waals surface area contributed by atoms with Gasteiger partial charge in [-0.1, -0.05) is 12.1 Å². The molecule has 1 aliphatic heterocycles. The fraction of sp³-hybridized carbons (Fsp3) is 0.143. The van der Waals surface area contributed by atoms with Gasteiger partial charge < -0.3 is 10.6 Å². The monoisotopic (exact) mass is 264 g/mol. The molecule has 2 aromatic carbocycles. The summed E-state index contributed by atoms with van der Waals surface area (Å²) in [5.74, 6) is -3.01. The Labute approximate surface area is 108 Å². The molecule has 0 saturated carbocycles. The predicted octanol–water partition coefficient (Wildman–Crippen LogP) is 3.21. The van der Waals surface area contributed by atoms with E-state index in [-0.39, 0.29) is 5.69 Å². The van der Waals surface area contributed by atoms with Gasteiger partial charge in [0.25, 0.3) is 0 Å². The molecule has 0 aliphatic carbocycles. The summed E-state index contributed by atoms with van der Waals surface area (Å²) in [6.07, 6.45) is 0. The van der Waals surface area contributed by atoms with E-state index >= 15 is 0 Å². The molecule has 0 radical (unpaired) electrons. The Morgan fingerprint density at radius 1 is 0.947 bits per heavy atom. The highest BCUT2D eigenvalue weighted by atomic mass is 19.2. The SMILES string of the molecule is Nc1cccc2c1CN(c1cc(F)c(F)cc1F)C2. The van der Waals surface area contributed by atoms with Gasteiger partial charge in [-0.15, -0.1) is 0 Å². The maximum Gasteiger partial charge on any atom is 0.161 e. The van der Waals surface area contributed by atoms with E-state index in [0.29, 0.717) is 24.8 Å². The smallest absolute Gasteiger partial charge is 0.161 e. The second kappa shape index (κ2) is 4.19. The Hall–Kier alpha value is -2.17. The van der Waals surface area contributed by atoms with Gasteiger partial charge in [0.05, 0.1) is 5.69 Å². The van der Waals surface area contributed by atoms with Crippen LogP contribution < -0.4 is 10.6 Å². The Bertz CT molecular complexity index is 655. The van der Waals surface area contributed by atoms with E-state index in [1.54, 1.807) is 11.0 Å². The van der Waals surface area contributed by atoms with Crippen LogP contribution in [0.1, 0.15) is 11.1 Å². The predicted molar refractivity (Wildman–Crippen MR) is 67.1 cm³/mol. The van der Waals surface area contributed by atoms with Crippen molar-refractivity contribution in [3.8, 4) is 0 Å². The molecule has 0 bridgehead atoms. The molecule has 2 N–H and O–H groups in total. The normalized spacial score (nSPS) is 13.7. The zero-order chi connectivity index (χ0) is 13.6. The lowest BCUT2D eigenvalue weighted by Gasteiger charge is -2.18.